The highest BCUT2D eigenvalue weighted by Crippen LogP contribution is 2.51. The molecule has 0 aliphatic heterocycles. The van der Waals surface area contributed by atoms with E-state index in [0.717, 1.165) is 0 Å². The molecule has 18 heavy (non-hydrogen) atoms. The van der Waals surface area contributed by atoms with Gasteiger partial charge in [0.15, 0.2) is 0 Å². The van der Waals surface area contributed by atoms with E-state index in [1.54, 1.807) is 7.11 Å². The van der Waals surface area contributed by atoms with Gasteiger partial charge in [-0.3, -0.25) is 0 Å². The van der Waals surface area contributed by atoms with Crippen molar-refractivity contribution in [3.05, 3.63) is 11.6 Å². The molecule has 3 atom stereocenters. The first kappa shape index (κ1) is 13.6. The van der Waals surface area contributed by atoms with Crippen molar-refractivity contribution >= 4 is 5.71 Å². The molecule has 0 N–H and O–H groups in total. The van der Waals surface area contributed by atoms with Gasteiger partial charge in [0.25, 0.3) is 0 Å². The third-order valence-electron chi connectivity index (χ3n) is 5.05. The zero-order valence-electron chi connectivity index (χ0n) is 12.5. The van der Waals surface area contributed by atoms with Crippen molar-refractivity contribution in [2.24, 2.45) is 28.3 Å². The molecule has 2 aliphatic rings. The van der Waals surface area contributed by atoms with E-state index in [1.165, 1.54) is 37.0 Å². The van der Waals surface area contributed by atoms with Gasteiger partial charge in [-0.2, -0.15) is 0 Å². The lowest BCUT2D eigenvalue weighted by Crippen LogP contribution is -2.44. The molecule has 0 saturated heterocycles. The Kier molecular flexibility index (Phi) is 3.84. The van der Waals surface area contributed by atoms with Crippen LogP contribution < -0.4 is 0 Å². The monoisotopic (exact) mass is 249 g/mol. The third-order valence-corrected chi connectivity index (χ3v) is 5.05. The van der Waals surface area contributed by atoms with E-state index in [0.29, 0.717) is 17.8 Å². The number of rotatable bonds is 2. The molecule has 0 amide bonds. The Balaban J connectivity index is 2.43. The highest BCUT2D eigenvalue weighted by Gasteiger charge is 2.48. The van der Waals surface area contributed by atoms with Crippen LogP contribution in [0.25, 0.3) is 0 Å². The first-order valence-electron chi connectivity index (χ1n) is 7.31. The van der Waals surface area contributed by atoms with Gasteiger partial charge in [0.2, 0.25) is 0 Å². The zero-order chi connectivity index (χ0) is 13.3. The van der Waals surface area contributed by atoms with Gasteiger partial charge >= 0.3 is 0 Å². The first-order chi connectivity index (χ1) is 8.51. The van der Waals surface area contributed by atoms with E-state index < -0.39 is 0 Å². The molecule has 0 aromatic carbocycles. The molecular formula is C16H27NO. The van der Waals surface area contributed by atoms with E-state index in [9.17, 15) is 0 Å². The lowest BCUT2D eigenvalue weighted by Gasteiger charge is -2.44. The average molecular weight is 249 g/mol. The Morgan fingerprint density at radius 1 is 1.39 bits per heavy atom. The number of hydrogen-bond acceptors (Lipinski definition) is 2. The summed E-state index contributed by atoms with van der Waals surface area (Å²) in [5.74, 6) is 1.93. The molecule has 2 nitrogen and oxygen atoms in total. The molecule has 2 heteroatoms. The predicted molar refractivity (Wildman–Crippen MR) is 76.6 cm³/mol. The van der Waals surface area contributed by atoms with E-state index >= 15 is 0 Å². The second-order valence-corrected chi connectivity index (χ2v) is 6.52. The van der Waals surface area contributed by atoms with Crippen LogP contribution in [0.15, 0.2) is 16.8 Å². The molecular weight excluding hydrogens is 222 g/mol. The van der Waals surface area contributed by atoms with Gasteiger partial charge in [-0.15, -0.1) is 0 Å². The van der Waals surface area contributed by atoms with E-state index in [1.807, 2.05) is 0 Å². The fourth-order valence-electron chi connectivity index (χ4n) is 3.90. The Morgan fingerprint density at radius 3 is 2.61 bits per heavy atom. The van der Waals surface area contributed by atoms with Crippen molar-refractivity contribution in [1.29, 1.82) is 0 Å². The minimum absolute atomic E-state index is 0.188. The Morgan fingerprint density at radius 2 is 2.11 bits per heavy atom. The quantitative estimate of drug-likeness (QED) is 0.524. The first-order valence-corrected chi connectivity index (χ1v) is 7.31. The average Bonchev–Trinajstić information content (AvgIpc) is 2.69. The molecule has 1 spiro atoms. The number of oxime groups is 1. The molecule has 2 rings (SSSR count). The second kappa shape index (κ2) is 5.07. The smallest absolute Gasteiger partial charge is 0.106 e. The molecule has 0 aromatic heterocycles. The summed E-state index contributed by atoms with van der Waals surface area (Å²) in [4.78, 5) is 5.19. The van der Waals surface area contributed by atoms with Crippen molar-refractivity contribution in [2.75, 3.05) is 7.11 Å². The molecule has 0 radical (unpaired) electrons. The Bertz CT molecular complexity index is 369. The normalized spacial score (nSPS) is 38.6. The van der Waals surface area contributed by atoms with E-state index in [2.05, 4.69) is 38.9 Å². The van der Waals surface area contributed by atoms with Crippen LogP contribution in [0.3, 0.4) is 0 Å². The Hall–Kier alpha value is -0.790. The summed E-state index contributed by atoms with van der Waals surface area (Å²) in [7, 11) is 1.68. The largest absolute Gasteiger partial charge is 0.399 e. The maximum atomic E-state index is 5.19. The SMILES string of the molecule is CO/N=C1\[C@@H](C(C)C)CC[C@H](C)[C@]12C=C(C)CC2. The minimum atomic E-state index is 0.188. The third kappa shape index (κ3) is 2.10. The fourth-order valence-corrected chi connectivity index (χ4v) is 3.90. The van der Waals surface area contributed by atoms with Crippen molar-refractivity contribution in [1.82, 2.24) is 0 Å². The van der Waals surface area contributed by atoms with Crippen LogP contribution in [-0.4, -0.2) is 12.8 Å². The lowest BCUT2D eigenvalue weighted by molar-refractivity contribution is 0.179. The Labute approximate surface area is 111 Å². The molecule has 1 saturated carbocycles. The van der Waals surface area contributed by atoms with E-state index in [4.69, 9.17) is 4.84 Å². The molecule has 0 heterocycles. The topological polar surface area (TPSA) is 21.6 Å². The van der Waals surface area contributed by atoms with Gasteiger partial charge in [-0.05, 0) is 44.4 Å². The molecule has 102 valence electrons. The highest BCUT2D eigenvalue weighted by molar-refractivity contribution is 5.95. The summed E-state index contributed by atoms with van der Waals surface area (Å²) in [6.45, 7) is 9.26. The van der Waals surface area contributed by atoms with Gasteiger partial charge in [0, 0.05) is 11.3 Å². The van der Waals surface area contributed by atoms with Gasteiger partial charge in [-0.1, -0.05) is 37.6 Å². The fraction of sp³-hybridized carbons (Fsp3) is 0.812. The van der Waals surface area contributed by atoms with Crippen molar-refractivity contribution in [3.8, 4) is 0 Å². The van der Waals surface area contributed by atoms with Crippen LogP contribution >= 0.6 is 0 Å². The summed E-state index contributed by atoms with van der Waals surface area (Å²) >= 11 is 0. The number of nitrogens with zero attached hydrogens (tertiary/aromatic N) is 1. The molecule has 0 aromatic rings. The van der Waals surface area contributed by atoms with Gasteiger partial charge < -0.3 is 4.84 Å². The van der Waals surface area contributed by atoms with Crippen LogP contribution in [-0.2, 0) is 4.84 Å². The van der Waals surface area contributed by atoms with Crippen LogP contribution in [0.2, 0.25) is 0 Å². The second-order valence-electron chi connectivity index (χ2n) is 6.52. The summed E-state index contributed by atoms with van der Waals surface area (Å²) < 4.78 is 0. The summed E-state index contributed by atoms with van der Waals surface area (Å²) in [5.41, 5.74) is 3.03. The summed E-state index contributed by atoms with van der Waals surface area (Å²) in [6, 6.07) is 0. The van der Waals surface area contributed by atoms with Crippen LogP contribution in [0.5, 0.6) is 0 Å². The molecule has 0 unspecified atom stereocenters. The highest BCUT2D eigenvalue weighted by atomic mass is 16.6. The van der Waals surface area contributed by atoms with Crippen molar-refractivity contribution in [2.45, 2.75) is 53.4 Å². The molecule has 2 aliphatic carbocycles. The van der Waals surface area contributed by atoms with Crippen LogP contribution in [0.1, 0.15) is 53.4 Å². The molecule has 1 fully saturated rings. The standard InChI is InChI=1S/C16H27NO/c1-11(2)14-7-6-13(4)16(15(14)17-18-5)9-8-12(3)10-16/h10-11,13-14H,6-9H2,1-5H3/b17-15+/t13-,14+,16-/m0/s1. The number of allylic oxidation sites excluding steroid dienone is 2. The van der Waals surface area contributed by atoms with Crippen molar-refractivity contribution < 1.29 is 4.84 Å². The number of hydrogen-bond donors (Lipinski definition) is 0. The van der Waals surface area contributed by atoms with Crippen molar-refractivity contribution in [3.63, 3.8) is 0 Å². The zero-order valence-corrected chi connectivity index (χ0v) is 12.5. The maximum absolute atomic E-state index is 5.19. The van der Waals surface area contributed by atoms with Gasteiger partial charge in [0.1, 0.15) is 7.11 Å². The van der Waals surface area contributed by atoms with E-state index in [-0.39, 0.29) is 5.41 Å². The lowest BCUT2D eigenvalue weighted by atomic mass is 9.60. The van der Waals surface area contributed by atoms with Crippen LogP contribution in [0.4, 0.5) is 0 Å². The van der Waals surface area contributed by atoms with Gasteiger partial charge in [-0.25, -0.2) is 0 Å². The maximum Gasteiger partial charge on any atom is 0.106 e. The molecule has 0 bridgehead atoms. The van der Waals surface area contributed by atoms with Crippen LogP contribution in [0, 0.1) is 23.2 Å². The predicted octanol–water partition coefficient (Wildman–Crippen LogP) is 4.42. The summed E-state index contributed by atoms with van der Waals surface area (Å²) in [6.07, 6.45) is 7.51. The van der Waals surface area contributed by atoms with Gasteiger partial charge in [0.05, 0.1) is 5.71 Å². The minimum Gasteiger partial charge on any atom is -0.399 e. The summed E-state index contributed by atoms with van der Waals surface area (Å²) in [5, 5.41) is 4.48.